The molecule has 0 spiro atoms. The smallest absolute Gasteiger partial charge is 0.277 e. The Kier molecular flexibility index (Phi) is 3.56. The van der Waals surface area contributed by atoms with Gasteiger partial charge in [-0.2, -0.15) is 0 Å². The number of nitrogens with zero attached hydrogens (tertiary/aromatic N) is 2. The number of rotatable bonds is 5. The van der Waals surface area contributed by atoms with Crippen LogP contribution in [-0.4, -0.2) is 35.1 Å². The lowest BCUT2D eigenvalue weighted by Crippen LogP contribution is -2.41. The SMILES string of the molecule is Cc1noc2nc(C3CC3)cc(C(=O)NCC(F)(F)CN)c12. The highest BCUT2D eigenvalue weighted by Crippen LogP contribution is 2.40. The largest absolute Gasteiger partial charge is 0.346 e. The summed E-state index contributed by atoms with van der Waals surface area (Å²) in [4.78, 5) is 16.6. The first-order valence-corrected chi connectivity index (χ1v) is 7.04. The summed E-state index contributed by atoms with van der Waals surface area (Å²) >= 11 is 0. The summed E-state index contributed by atoms with van der Waals surface area (Å²) in [5.74, 6) is -3.44. The zero-order valence-corrected chi connectivity index (χ0v) is 12.0. The van der Waals surface area contributed by atoms with Crippen LogP contribution in [0.5, 0.6) is 0 Å². The second-order valence-electron chi connectivity index (χ2n) is 5.56. The molecule has 1 aliphatic carbocycles. The lowest BCUT2D eigenvalue weighted by molar-refractivity contribution is 0.0119. The third-order valence-corrected chi connectivity index (χ3v) is 3.68. The van der Waals surface area contributed by atoms with Gasteiger partial charge < -0.3 is 15.6 Å². The number of fused-ring (bicyclic) bond motifs is 1. The van der Waals surface area contributed by atoms with E-state index in [4.69, 9.17) is 10.3 Å². The van der Waals surface area contributed by atoms with Gasteiger partial charge in [-0.25, -0.2) is 13.8 Å². The highest BCUT2D eigenvalue weighted by atomic mass is 19.3. The number of aromatic nitrogens is 2. The van der Waals surface area contributed by atoms with Crippen molar-refractivity contribution in [3.63, 3.8) is 0 Å². The fourth-order valence-corrected chi connectivity index (χ4v) is 2.26. The van der Waals surface area contributed by atoms with Gasteiger partial charge in [0.2, 0.25) is 0 Å². The number of hydrogen-bond acceptors (Lipinski definition) is 5. The summed E-state index contributed by atoms with van der Waals surface area (Å²) < 4.78 is 31.5. The predicted octanol–water partition coefficient (Wildman–Crippen LogP) is 1.73. The van der Waals surface area contributed by atoms with Crippen LogP contribution in [0, 0.1) is 6.92 Å². The molecule has 2 aromatic heterocycles. The molecule has 1 amide bonds. The van der Waals surface area contributed by atoms with Crippen molar-refractivity contribution < 1.29 is 18.1 Å². The molecule has 0 bridgehead atoms. The molecule has 2 aromatic rings. The number of carbonyl (C=O) groups excluding carboxylic acids is 1. The number of nitrogens with two attached hydrogens (primary N) is 1. The van der Waals surface area contributed by atoms with Gasteiger partial charge >= 0.3 is 0 Å². The van der Waals surface area contributed by atoms with Gasteiger partial charge in [-0.15, -0.1) is 0 Å². The maximum Gasteiger partial charge on any atom is 0.277 e. The van der Waals surface area contributed by atoms with Gasteiger partial charge in [-0.1, -0.05) is 5.16 Å². The molecule has 0 unspecified atom stereocenters. The highest BCUT2D eigenvalue weighted by Gasteiger charge is 2.30. The van der Waals surface area contributed by atoms with Crippen molar-refractivity contribution >= 4 is 17.0 Å². The predicted molar refractivity (Wildman–Crippen MR) is 74.9 cm³/mol. The van der Waals surface area contributed by atoms with Crippen LogP contribution in [-0.2, 0) is 0 Å². The standard InChI is InChI=1S/C14H16F2N4O2/c1-7-11-9(12(21)18-6-14(15,16)5-17)4-10(8-2-3-8)19-13(11)22-20-7/h4,8H,2-3,5-6,17H2,1H3,(H,18,21). The Morgan fingerprint density at radius 2 is 2.27 bits per heavy atom. The first-order chi connectivity index (χ1) is 10.4. The Bertz CT molecular complexity index is 725. The van der Waals surface area contributed by atoms with Crippen LogP contribution >= 0.6 is 0 Å². The van der Waals surface area contributed by atoms with E-state index >= 15 is 0 Å². The zero-order chi connectivity index (χ0) is 15.9. The Morgan fingerprint density at radius 1 is 1.55 bits per heavy atom. The molecule has 8 heteroatoms. The third-order valence-electron chi connectivity index (χ3n) is 3.68. The minimum Gasteiger partial charge on any atom is -0.346 e. The van der Waals surface area contributed by atoms with Crippen LogP contribution < -0.4 is 11.1 Å². The molecule has 0 saturated heterocycles. The molecule has 22 heavy (non-hydrogen) atoms. The molecule has 0 aromatic carbocycles. The van der Waals surface area contributed by atoms with E-state index in [1.807, 2.05) is 0 Å². The average molecular weight is 310 g/mol. The maximum absolute atomic E-state index is 13.2. The molecule has 0 atom stereocenters. The number of hydrogen-bond donors (Lipinski definition) is 2. The van der Waals surface area contributed by atoms with Crippen molar-refractivity contribution in [2.24, 2.45) is 5.73 Å². The van der Waals surface area contributed by atoms with E-state index in [1.54, 1.807) is 13.0 Å². The van der Waals surface area contributed by atoms with Crippen molar-refractivity contribution in [3.05, 3.63) is 23.0 Å². The maximum atomic E-state index is 13.2. The quantitative estimate of drug-likeness (QED) is 0.877. The Labute approximate surface area is 125 Å². The van der Waals surface area contributed by atoms with E-state index in [1.165, 1.54) is 0 Å². The van der Waals surface area contributed by atoms with E-state index < -0.39 is 24.9 Å². The second kappa shape index (κ2) is 5.28. The number of pyridine rings is 1. The molecule has 118 valence electrons. The minimum atomic E-state index is -3.13. The first-order valence-electron chi connectivity index (χ1n) is 7.04. The van der Waals surface area contributed by atoms with Gasteiger partial charge in [0.15, 0.2) is 0 Å². The Balaban J connectivity index is 1.94. The van der Waals surface area contributed by atoms with Crippen LogP contribution in [0.4, 0.5) is 8.78 Å². The molecule has 0 radical (unpaired) electrons. The lowest BCUT2D eigenvalue weighted by Gasteiger charge is -2.15. The van der Waals surface area contributed by atoms with Gasteiger partial charge in [0.25, 0.3) is 17.5 Å². The molecular weight excluding hydrogens is 294 g/mol. The highest BCUT2D eigenvalue weighted by molar-refractivity contribution is 6.06. The van der Waals surface area contributed by atoms with E-state index in [-0.39, 0.29) is 11.3 Å². The topological polar surface area (TPSA) is 94.0 Å². The van der Waals surface area contributed by atoms with Gasteiger partial charge in [-0.05, 0) is 25.8 Å². The summed E-state index contributed by atoms with van der Waals surface area (Å²) in [6.45, 7) is 0.0451. The van der Waals surface area contributed by atoms with E-state index in [0.717, 1.165) is 18.5 Å². The molecule has 1 aliphatic rings. The van der Waals surface area contributed by atoms with Crippen molar-refractivity contribution in [3.8, 4) is 0 Å². The summed E-state index contributed by atoms with van der Waals surface area (Å²) in [5.41, 5.74) is 6.73. The number of carbonyl (C=O) groups is 1. The molecular formula is C14H16F2N4O2. The molecule has 0 aliphatic heterocycles. The summed E-state index contributed by atoms with van der Waals surface area (Å²) in [5, 5.41) is 6.48. The van der Waals surface area contributed by atoms with Gasteiger partial charge in [0.1, 0.15) is 0 Å². The van der Waals surface area contributed by atoms with Crippen molar-refractivity contribution in [1.82, 2.24) is 15.5 Å². The molecule has 1 saturated carbocycles. The second-order valence-corrected chi connectivity index (χ2v) is 5.56. The summed E-state index contributed by atoms with van der Waals surface area (Å²) in [7, 11) is 0. The zero-order valence-electron chi connectivity index (χ0n) is 12.0. The van der Waals surface area contributed by atoms with Crippen LogP contribution in [0.15, 0.2) is 10.6 Å². The molecule has 3 N–H and O–H groups in total. The number of alkyl halides is 2. The van der Waals surface area contributed by atoms with Gasteiger partial charge in [-0.3, -0.25) is 4.79 Å². The monoisotopic (exact) mass is 310 g/mol. The molecule has 2 heterocycles. The van der Waals surface area contributed by atoms with Crippen molar-refractivity contribution in [1.29, 1.82) is 0 Å². The fourth-order valence-electron chi connectivity index (χ4n) is 2.26. The average Bonchev–Trinajstić information content (AvgIpc) is 3.29. The van der Waals surface area contributed by atoms with E-state index in [0.29, 0.717) is 17.0 Å². The third kappa shape index (κ3) is 2.78. The van der Waals surface area contributed by atoms with Gasteiger partial charge in [0.05, 0.1) is 29.7 Å². The summed E-state index contributed by atoms with van der Waals surface area (Å²) in [6.07, 6.45) is 2.00. The molecule has 1 fully saturated rings. The van der Waals surface area contributed by atoms with Crippen LogP contribution in [0.2, 0.25) is 0 Å². The number of amides is 1. The minimum absolute atomic E-state index is 0.262. The summed E-state index contributed by atoms with van der Waals surface area (Å²) in [6, 6.07) is 1.64. The van der Waals surface area contributed by atoms with E-state index in [2.05, 4.69) is 15.5 Å². The molecule has 6 nitrogen and oxygen atoms in total. The van der Waals surface area contributed by atoms with E-state index in [9.17, 15) is 13.6 Å². The fraction of sp³-hybridized carbons (Fsp3) is 0.500. The normalized spacial score (nSPS) is 15.3. The first kappa shape index (κ1) is 14.8. The number of aryl methyl sites for hydroxylation is 1. The Hall–Kier alpha value is -2.09. The van der Waals surface area contributed by atoms with Crippen LogP contribution in [0.3, 0.4) is 0 Å². The van der Waals surface area contributed by atoms with Gasteiger partial charge in [0, 0.05) is 11.6 Å². The lowest BCUT2D eigenvalue weighted by atomic mass is 10.1. The Morgan fingerprint density at radius 3 is 2.91 bits per heavy atom. The molecule has 3 rings (SSSR count). The number of nitrogens with one attached hydrogen (secondary N) is 1. The van der Waals surface area contributed by atoms with Crippen LogP contribution in [0.1, 0.15) is 40.5 Å². The van der Waals surface area contributed by atoms with Crippen molar-refractivity contribution in [2.75, 3.05) is 13.1 Å². The van der Waals surface area contributed by atoms with Crippen molar-refractivity contribution in [2.45, 2.75) is 31.6 Å². The van der Waals surface area contributed by atoms with Crippen LogP contribution in [0.25, 0.3) is 11.1 Å². The number of halogens is 2.